The molecular formula is C30H36FN7O5. The summed E-state index contributed by atoms with van der Waals surface area (Å²) in [6, 6.07) is 2.19. The number of imide groups is 1. The molecule has 2 bridgehead atoms. The van der Waals surface area contributed by atoms with Crippen LogP contribution in [0, 0.1) is 23.6 Å². The molecule has 12 nitrogen and oxygen atoms in total. The van der Waals surface area contributed by atoms with Crippen LogP contribution in [0.5, 0.6) is 0 Å². The van der Waals surface area contributed by atoms with Crippen LogP contribution in [0.15, 0.2) is 35.8 Å². The van der Waals surface area contributed by atoms with Gasteiger partial charge >= 0.3 is 0 Å². The fourth-order valence-corrected chi connectivity index (χ4v) is 7.48. The number of likely N-dealkylation sites (tertiary alicyclic amines) is 2. The maximum absolute atomic E-state index is 15.2. The van der Waals surface area contributed by atoms with E-state index in [-0.39, 0.29) is 35.6 Å². The highest BCUT2D eigenvalue weighted by Crippen LogP contribution is 2.54. The van der Waals surface area contributed by atoms with E-state index in [0.717, 1.165) is 37.0 Å². The molecule has 1 aliphatic carbocycles. The summed E-state index contributed by atoms with van der Waals surface area (Å²) in [6.07, 6.45) is 5.42. The zero-order valence-electron chi connectivity index (χ0n) is 23.9. The number of rotatable bonds is 11. The summed E-state index contributed by atoms with van der Waals surface area (Å²) >= 11 is 0. The van der Waals surface area contributed by atoms with Gasteiger partial charge in [0, 0.05) is 58.3 Å². The van der Waals surface area contributed by atoms with Crippen LogP contribution < -0.4 is 21.7 Å². The summed E-state index contributed by atoms with van der Waals surface area (Å²) < 4.78 is 15.2. The zero-order chi connectivity index (χ0) is 30.6. The predicted molar refractivity (Wildman–Crippen MR) is 154 cm³/mol. The molecule has 4 aliphatic heterocycles. The minimum absolute atomic E-state index is 0.0316. The molecule has 0 aromatic heterocycles. The number of hydrogen-bond acceptors (Lipinski definition) is 10. The van der Waals surface area contributed by atoms with Gasteiger partial charge in [0.1, 0.15) is 18.4 Å². The number of halogens is 1. The van der Waals surface area contributed by atoms with Crippen molar-refractivity contribution < 1.29 is 28.4 Å². The number of fused-ring (bicyclic) bond motifs is 4. The molecule has 1 aromatic rings. The zero-order valence-corrected chi connectivity index (χ0v) is 23.9. The van der Waals surface area contributed by atoms with Crippen molar-refractivity contribution in [3.63, 3.8) is 0 Å². The highest BCUT2D eigenvalue weighted by atomic mass is 19.1. The summed E-state index contributed by atoms with van der Waals surface area (Å²) in [5.74, 6) is -0.274. The van der Waals surface area contributed by atoms with Crippen LogP contribution in [-0.2, 0) is 14.4 Å². The molecular weight excluding hydrogens is 557 g/mol. The van der Waals surface area contributed by atoms with Crippen molar-refractivity contribution in [3.8, 4) is 0 Å². The van der Waals surface area contributed by atoms with Crippen molar-refractivity contribution in [3.05, 3.63) is 52.7 Å². The normalized spacial score (nSPS) is 28.8. The van der Waals surface area contributed by atoms with E-state index in [2.05, 4.69) is 15.1 Å². The number of nitrogens with two attached hydrogens (primary N) is 2. The number of anilines is 1. The maximum Gasteiger partial charge on any atom is 0.266 e. The number of piperidine rings is 1. The number of likely N-dealkylation sites (N-methyl/N-ethyl adjacent to an activating group) is 1. The summed E-state index contributed by atoms with van der Waals surface area (Å²) in [5, 5.41) is 2.48. The van der Waals surface area contributed by atoms with Crippen molar-refractivity contribution >= 4 is 36.0 Å². The lowest BCUT2D eigenvalue weighted by Crippen LogP contribution is -2.48. The van der Waals surface area contributed by atoms with E-state index < -0.39 is 23.7 Å². The molecule has 5 atom stereocenters. The fraction of sp³-hybridized carbons (Fsp3) is 0.500. The molecule has 13 heteroatoms. The average Bonchev–Trinajstić information content (AvgIpc) is 3.48. The smallest absolute Gasteiger partial charge is 0.266 e. The molecule has 1 saturated carbocycles. The lowest BCUT2D eigenvalue weighted by Gasteiger charge is -2.36. The Morgan fingerprint density at radius 3 is 2.35 bits per heavy atom. The van der Waals surface area contributed by atoms with E-state index >= 15 is 4.39 Å². The summed E-state index contributed by atoms with van der Waals surface area (Å²) in [7, 11) is 1.52. The molecule has 0 spiro atoms. The van der Waals surface area contributed by atoms with E-state index in [1.54, 1.807) is 6.08 Å². The van der Waals surface area contributed by atoms with Crippen LogP contribution in [0.2, 0.25) is 0 Å². The van der Waals surface area contributed by atoms with Crippen LogP contribution in [0.1, 0.15) is 40.0 Å². The Morgan fingerprint density at radius 1 is 1.05 bits per heavy atom. The van der Waals surface area contributed by atoms with Crippen molar-refractivity contribution in [1.29, 1.82) is 0 Å². The predicted octanol–water partition coefficient (Wildman–Crippen LogP) is -0.202. The van der Waals surface area contributed by atoms with Crippen LogP contribution in [0.4, 0.5) is 10.1 Å². The van der Waals surface area contributed by atoms with Crippen molar-refractivity contribution in [2.45, 2.75) is 37.4 Å². The number of piperazine rings is 1. The molecule has 5 aliphatic rings. The van der Waals surface area contributed by atoms with E-state index in [0.29, 0.717) is 67.0 Å². The van der Waals surface area contributed by atoms with Gasteiger partial charge in [0.2, 0.25) is 0 Å². The van der Waals surface area contributed by atoms with Gasteiger partial charge in [-0.05, 0) is 54.9 Å². The first-order valence-electron chi connectivity index (χ1n) is 14.7. The quantitative estimate of drug-likeness (QED) is 0.136. The minimum Gasteiger partial charge on any atom is -0.394 e. The van der Waals surface area contributed by atoms with E-state index in [1.807, 2.05) is 4.90 Å². The molecule has 228 valence electrons. The number of amides is 3. The number of nitrogens with zero attached hydrogens (tertiary/aromatic N) is 4. The van der Waals surface area contributed by atoms with Gasteiger partial charge in [0.25, 0.3) is 17.7 Å². The van der Waals surface area contributed by atoms with Gasteiger partial charge in [-0.25, -0.2) is 4.39 Å². The molecule has 5 unspecified atom stereocenters. The summed E-state index contributed by atoms with van der Waals surface area (Å²) in [4.78, 5) is 67.4. The number of nitrogens with one attached hydrogen (secondary N) is 1. The number of benzene rings is 1. The van der Waals surface area contributed by atoms with Crippen molar-refractivity contribution in [2.24, 2.45) is 29.2 Å². The lowest BCUT2D eigenvalue weighted by atomic mass is 10.1. The van der Waals surface area contributed by atoms with Gasteiger partial charge in [-0.3, -0.25) is 24.2 Å². The van der Waals surface area contributed by atoms with Crippen molar-refractivity contribution in [1.82, 2.24) is 20.0 Å². The number of carbonyl (C=O) groups excluding carboxylic acids is 5. The number of allylic oxidation sites excluding steroid dienone is 2. The third-order valence-electron chi connectivity index (χ3n) is 9.82. The van der Waals surface area contributed by atoms with Gasteiger partial charge in [-0.2, -0.15) is 0 Å². The second-order valence-electron chi connectivity index (χ2n) is 12.1. The molecule has 3 amide bonds. The number of aldehydes is 2. The Bertz CT molecular complexity index is 1430. The van der Waals surface area contributed by atoms with Gasteiger partial charge in [0.15, 0.2) is 0 Å². The van der Waals surface area contributed by atoms with Gasteiger partial charge in [-0.15, -0.1) is 0 Å². The third kappa shape index (κ3) is 4.94. The Labute approximate surface area is 248 Å². The monoisotopic (exact) mass is 593 g/mol. The van der Waals surface area contributed by atoms with Crippen LogP contribution in [-0.4, -0.2) is 103 Å². The average molecular weight is 594 g/mol. The molecule has 5 N–H and O–H groups in total. The minimum atomic E-state index is -1.06. The second kappa shape index (κ2) is 11.1. The van der Waals surface area contributed by atoms with Crippen LogP contribution >= 0.6 is 0 Å². The Morgan fingerprint density at radius 2 is 1.74 bits per heavy atom. The van der Waals surface area contributed by atoms with Gasteiger partial charge in [-0.1, -0.05) is 0 Å². The standard InChI is InChI=1S/C30H36FN7O5/c1-34-28(41)25(32)4-5-27(33)37-11-17-7-18(37)10-35(17)12-21-22-13-36(14-23(21)22)26-9-20-19(8-24(26)31)29(42)38(30(20)43)16(15-40)3-2-6-39/h4-6,8-9,15-18,21-23H,2-3,7,10-14,32-33H2,1H3,(H,34,41)/b25-4-,27-5+. The van der Waals surface area contributed by atoms with Gasteiger partial charge in [0.05, 0.1) is 34.4 Å². The van der Waals surface area contributed by atoms with E-state index in [4.69, 9.17) is 11.5 Å². The van der Waals surface area contributed by atoms with Crippen molar-refractivity contribution in [2.75, 3.05) is 44.7 Å². The maximum atomic E-state index is 15.2. The topological polar surface area (TPSA) is 162 Å². The molecule has 4 heterocycles. The molecule has 43 heavy (non-hydrogen) atoms. The Balaban J connectivity index is 1.04. The molecule has 3 saturated heterocycles. The van der Waals surface area contributed by atoms with E-state index in [1.165, 1.54) is 19.2 Å². The molecule has 4 fully saturated rings. The first-order chi connectivity index (χ1) is 20.7. The summed E-state index contributed by atoms with van der Waals surface area (Å²) in [5.41, 5.74) is 12.5. The highest BCUT2D eigenvalue weighted by molar-refractivity contribution is 6.22. The second-order valence-corrected chi connectivity index (χ2v) is 12.1. The summed E-state index contributed by atoms with van der Waals surface area (Å²) in [6.45, 7) is 4.06. The first-order valence-corrected chi connectivity index (χ1v) is 14.7. The van der Waals surface area contributed by atoms with Gasteiger partial charge < -0.3 is 36.2 Å². The SMILES string of the molecule is CNC(=O)/C(N)=C/C=C(\N)N1CC2CC1CN2CC1C2CN(c3cc4c(cc3F)C(=O)N(C(C=O)CCC=O)C4=O)CC21. The lowest BCUT2D eigenvalue weighted by molar-refractivity contribution is -0.117. The number of hydrogen-bond donors (Lipinski definition) is 3. The third-order valence-corrected chi connectivity index (χ3v) is 9.82. The number of carbonyl (C=O) groups is 5. The van der Waals surface area contributed by atoms with Crippen LogP contribution in [0.25, 0.3) is 0 Å². The Hall–Kier alpha value is -4.26. The molecule has 6 rings (SSSR count). The molecule has 0 radical (unpaired) electrons. The van der Waals surface area contributed by atoms with E-state index in [9.17, 15) is 24.0 Å². The largest absolute Gasteiger partial charge is 0.394 e. The first kappa shape index (κ1) is 28.8. The van der Waals surface area contributed by atoms with Crippen LogP contribution in [0.3, 0.4) is 0 Å². The molecule has 1 aromatic carbocycles. The Kier molecular flexibility index (Phi) is 7.45. The highest BCUT2D eigenvalue weighted by Gasteiger charge is 2.58. The fourth-order valence-electron chi connectivity index (χ4n) is 7.48.